The van der Waals surface area contributed by atoms with Crippen molar-refractivity contribution in [3.05, 3.63) is 0 Å². The molecule has 1 rings (SSSR count). The van der Waals surface area contributed by atoms with E-state index in [0.29, 0.717) is 12.5 Å². The highest BCUT2D eigenvalue weighted by atomic mass is 35.5. The zero-order valence-corrected chi connectivity index (χ0v) is 7.77. The Kier molecular flexibility index (Phi) is 4.40. The second-order valence-corrected chi connectivity index (χ2v) is 3.39. The molecule has 0 bridgehead atoms. The summed E-state index contributed by atoms with van der Waals surface area (Å²) in [6.07, 6.45) is 3.23. The van der Waals surface area contributed by atoms with Gasteiger partial charge in [0.25, 0.3) is 0 Å². The van der Waals surface area contributed by atoms with Crippen LogP contribution in [0.2, 0.25) is 0 Å². The lowest BCUT2D eigenvalue weighted by molar-refractivity contribution is 0.0642. The molecular formula is C8H14ClNO2. The Morgan fingerprint density at radius 1 is 1.50 bits per heavy atom. The van der Waals surface area contributed by atoms with E-state index < -0.39 is 5.37 Å². The quantitative estimate of drug-likeness (QED) is 0.545. The Bertz CT molecular complexity index is 146. The Morgan fingerprint density at radius 2 is 2.17 bits per heavy atom. The summed E-state index contributed by atoms with van der Waals surface area (Å²) < 4.78 is 5.21. The van der Waals surface area contributed by atoms with Gasteiger partial charge >= 0.3 is 5.37 Å². The molecular weight excluding hydrogens is 178 g/mol. The van der Waals surface area contributed by atoms with Crippen LogP contribution in [0.4, 0.5) is 4.79 Å². The third kappa shape index (κ3) is 3.93. The van der Waals surface area contributed by atoms with Crippen molar-refractivity contribution < 1.29 is 9.53 Å². The number of ether oxygens (including phenoxy) is 1. The van der Waals surface area contributed by atoms with E-state index in [4.69, 9.17) is 16.3 Å². The number of hydrogen-bond acceptors (Lipinski definition) is 2. The fraction of sp³-hybridized carbons (Fsp3) is 0.875. The highest BCUT2D eigenvalue weighted by Gasteiger charge is 2.12. The summed E-state index contributed by atoms with van der Waals surface area (Å²) in [5.41, 5.74) is 0. The molecule has 0 aromatic carbocycles. The summed E-state index contributed by atoms with van der Waals surface area (Å²) in [6, 6.07) is 0. The van der Waals surface area contributed by atoms with Gasteiger partial charge in [0.05, 0.1) is 0 Å². The van der Waals surface area contributed by atoms with Gasteiger partial charge in [0, 0.05) is 19.8 Å². The van der Waals surface area contributed by atoms with Crippen molar-refractivity contribution in [2.75, 3.05) is 19.8 Å². The molecule has 0 aromatic rings. The normalized spacial score (nSPS) is 19.1. The van der Waals surface area contributed by atoms with E-state index >= 15 is 0 Å². The molecule has 0 unspecified atom stereocenters. The summed E-state index contributed by atoms with van der Waals surface area (Å²) in [4.78, 5) is 10.3. The average molecular weight is 192 g/mol. The first-order valence-corrected chi connectivity index (χ1v) is 4.68. The van der Waals surface area contributed by atoms with Gasteiger partial charge in [-0.1, -0.05) is 0 Å². The maximum Gasteiger partial charge on any atom is 0.313 e. The van der Waals surface area contributed by atoms with Crippen LogP contribution >= 0.6 is 11.6 Å². The van der Waals surface area contributed by atoms with E-state index in [9.17, 15) is 4.79 Å². The summed E-state index contributed by atoms with van der Waals surface area (Å²) >= 11 is 5.12. The average Bonchev–Trinajstić information content (AvgIpc) is 2.05. The second kappa shape index (κ2) is 5.38. The van der Waals surface area contributed by atoms with Crippen molar-refractivity contribution in [3.63, 3.8) is 0 Å². The van der Waals surface area contributed by atoms with Gasteiger partial charge < -0.3 is 10.1 Å². The number of nitrogens with one attached hydrogen (secondary N) is 1. The van der Waals surface area contributed by atoms with Gasteiger partial charge in [0.1, 0.15) is 0 Å². The molecule has 1 aliphatic rings. The van der Waals surface area contributed by atoms with Crippen molar-refractivity contribution in [2.24, 2.45) is 5.92 Å². The third-order valence-corrected chi connectivity index (χ3v) is 2.29. The van der Waals surface area contributed by atoms with E-state index in [1.54, 1.807) is 0 Å². The van der Waals surface area contributed by atoms with E-state index in [1.807, 2.05) is 0 Å². The molecule has 1 aliphatic heterocycles. The van der Waals surface area contributed by atoms with Crippen molar-refractivity contribution in [2.45, 2.75) is 19.3 Å². The third-order valence-electron chi connectivity index (χ3n) is 2.16. The minimum Gasteiger partial charge on any atom is -0.381 e. The maximum atomic E-state index is 10.3. The monoisotopic (exact) mass is 191 g/mol. The van der Waals surface area contributed by atoms with E-state index in [-0.39, 0.29) is 0 Å². The molecule has 4 heteroatoms. The van der Waals surface area contributed by atoms with Crippen LogP contribution in [-0.4, -0.2) is 25.1 Å². The molecule has 3 nitrogen and oxygen atoms in total. The van der Waals surface area contributed by atoms with E-state index in [1.165, 1.54) is 0 Å². The molecule has 0 aliphatic carbocycles. The minimum absolute atomic E-state index is 0.456. The first-order valence-electron chi connectivity index (χ1n) is 4.30. The summed E-state index contributed by atoms with van der Waals surface area (Å²) in [7, 11) is 0. The molecule has 0 saturated carbocycles. The topological polar surface area (TPSA) is 38.3 Å². The zero-order valence-electron chi connectivity index (χ0n) is 7.01. The molecule has 1 heterocycles. The van der Waals surface area contributed by atoms with Crippen molar-refractivity contribution >= 4 is 17.0 Å². The Balaban J connectivity index is 2.01. The number of amides is 1. The maximum absolute atomic E-state index is 10.3. The van der Waals surface area contributed by atoms with Crippen molar-refractivity contribution in [3.8, 4) is 0 Å². The SMILES string of the molecule is O=C(Cl)NCCC1CCOCC1. The number of halogens is 1. The molecule has 0 aromatic heterocycles. The molecule has 1 amide bonds. The van der Waals surface area contributed by atoms with Crippen molar-refractivity contribution in [1.82, 2.24) is 5.32 Å². The van der Waals surface area contributed by atoms with E-state index in [2.05, 4.69) is 5.32 Å². The Hall–Kier alpha value is -0.280. The van der Waals surface area contributed by atoms with Gasteiger partial charge in [0.2, 0.25) is 0 Å². The van der Waals surface area contributed by atoms with Gasteiger partial charge in [-0.25, -0.2) is 0 Å². The first-order chi connectivity index (χ1) is 5.79. The molecule has 70 valence electrons. The fourth-order valence-corrected chi connectivity index (χ4v) is 1.50. The predicted molar refractivity (Wildman–Crippen MR) is 47.4 cm³/mol. The standard InChI is InChI=1S/C8H14ClNO2/c9-8(11)10-4-1-7-2-5-12-6-3-7/h7H,1-6H2,(H,10,11). The van der Waals surface area contributed by atoms with Crippen LogP contribution < -0.4 is 5.32 Å². The summed E-state index contributed by atoms with van der Waals surface area (Å²) in [6.45, 7) is 2.41. The highest BCUT2D eigenvalue weighted by molar-refractivity contribution is 6.62. The van der Waals surface area contributed by atoms with Crippen LogP contribution in [0, 0.1) is 5.92 Å². The van der Waals surface area contributed by atoms with Gasteiger partial charge in [-0.2, -0.15) is 0 Å². The second-order valence-electron chi connectivity index (χ2n) is 3.04. The number of carbonyl (C=O) groups is 1. The van der Waals surface area contributed by atoms with Gasteiger partial charge in [-0.3, -0.25) is 4.79 Å². The van der Waals surface area contributed by atoms with Crippen LogP contribution in [0.25, 0.3) is 0 Å². The summed E-state index contributed by atoms with van der Waals surface area (Å²) in [5.74, 6) is 0.697. The highest BCUT2D eigenvalue weighted by Crippen LogP contribution is 2.17. The number of rotatable bonds is 3. The fourth-order valence-electron chi connectivity index (χ4n) is 1.41. The number of carbonyl (C=O) groups excluding carboxylic acids is 1. The summed E-state index contributed by atoms with van der Waals surface area (Å²) in [5, 5.41) is 2.12. The van der Waals surface area contributed by atoms with Gasteiger partial charge in [-0.15, -0.1) is 0 Å². The smallest absolute Gasteiger partial charge is 0.313 e. The van der Waals surface area contributed by atoms with Crippen LogP contribution in [0.5, 0.6) is 0 Å². The largest absolute Gasteiger partial charge is 0.381 e. The lowest BCUT2D eigenvalue weighted by atomic mass is 9.97. The van der Waals surface area contributed by atoms with Crippen LogP contribution in [0.3, 0.4) is 0 Å². The van der Waals surface area contributed by atoms with Crippen molar-refractivity contribution in [1.29, 1.82) is 0 Å². The van der Waals surface area contributed by atoms with E-state index in [0.717, 1.165) is 32.5 Å². The van der Waals surface area contributed by atoms with Crippen LogP contribution in [-0.2, 0) is 4.74 Å². The number of hydrogen-bond donors (Lipinski definition) is 1. The van der Waals surface area contributed by atoms with Crippen LogP contribution in [0.15, 0.2) is 0 Å². The molecule has 0 atom stereocenters. The lowest BCUT2D eigenvalue weighted by Crippen LogP contribution is -2.23. The minimum atomic E-state index is -0.456. The zero-order chi connectivity index (χ0) is 8.81. The molecule has 1 N–H and O–H groups in total. The lowest BCUT2D eigenvalue weighted by Gasteiger charge is -2.21. The molecule has 0 radical (unpaired) electrons. The predicted octanol–water partition coefficient (Wildman–Crippen LogP) is 1.75. The Morgan fingerprint density at radius 3 is 2.75 bits per heavy atom. The molecule has 12 heavy (non-hydrogen) atoms. The Labute approximate surface area is 77.4 Å². The first kappa shape index (κ1) is 9.81. The molecule has 1 saturated heterocycles. The van der Waals surface area contributed by atoms with Gasteiger partial charge in [-0.05, 0) is 36.8 Å². The molecule has 0 spiro atoms. The van der Waals surface area contributed by atoms with Gasteiger partial charge in [0.15, 0.2) is 0 Å². The van der Waals surface area contributed by atoms with Crippen LogP contribution in [0.1, 0.15) is 19.3 Å². The molecule has 1 fully saturated rings.